The van der Waals surface area contributed by atoms with E-state index in [1.54, 1.807) is 25.5 Å². The lowest BCUT2D eigenvalue weighted by atomic mass is 10.2. The van der Waals surface area contributed by atoms with Crippen LogP contribution < -0.4 is 14.9 Å². The van der Waals surface area contributed by atoms with Crippen LogP contribution in [-0.4, -0.2) is 18.2 Å². The van der Waals surface area contributed by atoms with Gasteiger partial charge in [0.1, 0.15) is 18.1 Å². The Bertz CT molecular complexity index is 987. The van der Waals surface area contributed by atoms with Gasteiger partial charge in [-0.05, 0) is 35.9 Å². The third kappa shape index (κ3) is 5.55. The molecule has 0 saturated heterocycles. The lowest BCUT2D eigenvalue weighted by Crippen LogP contribution is -2.07. The van der Waals surface area contributed by atoms with E-state index in [1.807, 2.05) is 48.5 Å². The van der Waals surface area contributed by atoms with Crippen LogP contribution >= 0.6 is 0 Å². The van der Waals surface area contributed by atoms with Gasteiger partial charge in [-0.25, -0.2) is 0 Å². The fourth-order valence-electron chi connectivity index (χ4n) is 2.69. The molecule has 0 aromatic heterocycles. The minimum atomic E-state index is -0.422. The lowest BCUT2D eigenvalue weighted by molar-refractivity contribution is -0.384. The number of nitro groups is 1. The summed E-state index contributed by atoms with van der Waals surface area (Å²) >= 11 is 0. The molecule has 0 fully saturated rings. The molecular weight excluding hydrogens is 370 g/mol. The van der Waals surface area contributed by atoms with Crippen molar-refractivity contribution in [1.29, 1.82) is 0 Å². The van der Waals surface area contributed by atoms with Crippen LogP contribution in [0.4, 0.5) is 5.69 Å². The third-order valence-corrected chi connectivity index (χ3v) is 4.22. The van der Waals surface area contributed by atoms with E-state index >= 15 is 0 Å². The second kappa shape index (κ2) is 9.89. The molecular formula is C22H21N3O4. The molecule has 0 aliphatic heterocycles. The van der Waals surface area contributed by atoms with Crippen molar-refractivity contribution in [2.24, 2.45) is 5.10 Å². The van der Waals surface area contributed by atoms with E-state index in [0.29, 0.717) is 18.9 Å². The number of rotatable bonds is 9. The number of hydrogen-bond donors (Lipinski definition) is 1. The highest BCUT2D eigenvalue weighted by molar-refractivity contribution is 5.83. The number of non-ortho nitro benzene ring substituents is 1. The summed E-state index contributed by atoms with van der Waals surface area (Å²) in [5.74, 6) is 1.48. The second-order valence-corrected chi connectivity index (χ2v) is 6.15. The van der Waals surface area contributed by atoms with Crippen LogP contribution in [0.3, 0.4) is 0 Å². The molecule has 1 N–H and O–H groups in total. The van der Waals surface area contributed by atoms with Crippen molar-refractivity contribution in [2.45, 2.75) is 13.2 Å². The Morgan fingerprint density at radius 1 is 1.00 bits per heavy atom. The quantitative estimate of drug-likeness (QED) is 0.334. The zero-order valence-electron chi connectivity index (χ0n) is 15.9. The summed E-state index contributed by atoms with van der Waals surface area (Å²) in [6, 6.07) is 21.6. The maximum absolute atomic E-state index is 10.7. The molecule has 3 rings (SSSR count). The number of hydrogen-bond acceptors (Lipinski definition) is 6. The van der Waals surface area contributed by atoms with Crippen LogP contribution in [0.1, 0.15) is 16.7 Å². The van der Waals surface area contributed by atoms with Gasteiger partial charge in [0.15, 0.2) is 0 Å². The average Bonchev–Trinajstić information content (AvgIpc) is 2.76. The number of nitro benzene ring substituents is 1. The molecule has 0 radical (unpaired) electrons. The largest absolute Gasteiger partial charge is 0.496 e. The van der Waals surface area contributed by atoms with Gasteiger partial charge in [0.25, 0.3) is 5.69 Å². The molecule has 3 aromatic carbocycles. The van der Waals surface area contributed by atoms with Gasteiger partial charge in [0.05, 0.1) is 24.8 Å². The van der Waals surface area contributed by atoms with Gasteiger partial charge in [0.2, 0.25) is 0 Å². The number of benzene rings is 3. The summed E-state index contributed by atoms with van der Waals surface area (Å²) in [5, 5.41) is 15.0. The minimum Gasteiger partial charge on any atom is -0.496 e. The zero-order valence-corrected chi connectivity index (χ0v) is 15.9. The molecule has 0 bridgehead atoms. The van der Waals surface area contributed by atoms with Crippen molar-refractivity contribution < 1.29 is 14.4 Å². The summed E-state index contributed by atoms with van der Waals surface area (Å²) in [4.78, 5) is 10.3. The maximum atomic E-state index is 10.7. The van der Waals surface area contributed by atoms with Crippen molar-refractivity contribution in [3.05, 3.63) is 99.6 Å². The van der Waals surface area contributed by atoms with Gasteiger partial charge in [-0.1, -0.05) is 30.3 Å². The number of ether oxygens (including phenoxy) is 2. The summed E-state index contributed by atoms with van der Waals surface area (Å²) in [6.45, 7) is 0.837. The molecule has 0 aliphatic rings. The van der Waals surface area contributed by atoms with Crippen molar-refractivity contribution in [2.75, 3.05) is 7.11 Å². The molecule has 0 amide bonds. The molecule has 0 spiro atoms. The molecule has 0 unspecified atom stereocenters. The lowest BCUT2D eigenvalue weighted by Gasteiger charge is -2.09. The molecule has 0 heterocycles. The van der Waals surface area contributed by atoms with Gasteiger partial charge in [-0.3, -0.25) is 10.1 Å². The Hall–Kier alpha value is -3.87. The topological polar surface area (TPSA) is 86.0 Å². The monoisotopic (exact) mass is 391 g/mol. The molecule has 29 heavy (non-hydrogen) atoms. The van der Waals surface area contributed by atoms with E-state index in [1.165, 1.54) is 12.1 Å². The van der Waals surface area contributed by atoms with Gasteiger partial charge < -0.3 is 14.9 Å². The highest BCUT2D eigenvalue weighted by atomic mass is 16.6. The summed E-state index contributed by atoms with van der Waals surface area (Å²) in [6.07, 6.45) is 1.70. The molecule has 148 valence electrons. The fraction of sp³-hybridized carbons (Fsp3) is 0.136. The van der Waals surface area contributed by atoms with Gasteiger partial charge >= 0.3 is 0 Å². The van der Waals surface area contributed by atoms with Crippen LogP contribution in [0.15, 0.2) is 77.9 Å². The predicted molar refractivity (Wildman–Crippen MR) is 111 cm³/mol. The highest BCUT2D eigenvalue weighted by Crippen LogP contribution is 2.19. The Morgan fingerprint density at radius 3 is 2.41 bits per heavy atom. The van der Waals surface area contributed by atoms with Crippen molar-refractivity contribution in [3.8, 4) is 11.5 Å². The number of para-hydroxylation sites is 2. The second-order valence-electron chi connectivity index (χ2n) is 6.15. The molecule has 7 nitrogen and oxygen atoms in total. The number of hydrazone groups is 1. The van der Waals surface area contributed by atoms with Gasteiger partial charge in [-0.2, -0.15) is 5.10 Å². The van der Waals surface area contributed by atoms with Gasteiger partial charge in [-0.15, -0.1) is 0 Å². The van der Waals surface area contributed by atoms with Crippen LogP contribution in [0, 0.1) is 10.1 Å². The number of nitrogens with zero attached hydrogens (tertiary/aromatic N) is 2. The van der Waals surface area contributed by atoms with Crippen LogP contribution in [0.25, 0.3) is 0 Å². The zero-order chi connectivity index (χ0) is 20.5. The van der Waals surface area contributed by atoms with E-state index in [-0.39, 0.29) is 5.69 Å². The van der Waals surface area contributed by atoms with Gasteiger partial charge in [0, 0.05) is 23.3 Å². The SMILES string of the molecule is COc1ccccc1CN/N=C\c1ccccc1OCc1ccc([N+](=O)[O-])cc1. The number of nitrogens with one attached hydrogen (secondary N) is 1. The maximum Gasteiger partial charge on any atom is 0.269 e. The van der Waals surface area contributed by atoms with Crippen molar-refractivity contribution in [3.63, 3.8) is 0 Å². The first-order chi connectivity index (χ1) is 14.2. The first-order valence-electron chi connectivity index (χ1n) is 9.00. The Labute approximate surface area is 168 Å². The van der Waals surface area contributed by atoms with Crippen LogP contribution in [-0.2, 0) is 13.2 Å². The van der Waals surface area contributed by atoms with Crippen LogP contribution in [0.2, 0.25) is 0 Å². The third-order valence-electron chi connectivity index (χ3n) is 4.22. The van der Waals surface area contributed by atoms with E-state index in [0.717, 1.165) is 22.4 Å². The standard InChI is InChI=1S/C22H21N3O4/c1-28-21-8-4-2-6-18(21)14-23-24-15-19-7-3-5-9-22(19)29-16-17-10-12-20(13-11-17)25(26)27/h2-13,15,23H,14,16H2,1H3/b24-15-. The highest BCUT2D eigenvalue weighted by Gasteiger charge is 2.06. The predicted octanol–water partition coefficient (Wildman–Crippen LogP) is 4.31. The van der Waals surface area contributed by atoms with Crippen molar-refractivity contribution >= 4 is 11.9 Å². The Kier molecular flexibility index (Phi) is 6.78. The minimum absolute atomic E-state index is 0.0578. The number of methoxy groups -OCH3 is 1. The van der Waals surface area contributed by atoms with Crippen molar-refractivity contribution in [1.82, 2.24) is 5.43 Å². The fourth-order valence-corrected chi connectivity index (χ4v) is 2.69. The van der Waals surface area contributed by atoms with E-state index in [4.69, 9.17) is 9.47 Å². The first kappa shape index (κ1) is 19.9. The normalized spacial score (nSPS) is 10.7. The smallest absolute Gasteiger partial charge is 0.269 e. The molecule has 3 aromatic rings. The van der Waals surface area contributed by atoms with Crippen LogP contribution in [0.5, 0.6) is 11.5 Å². The first-order valence-corrected chi connectivity index (χ1v) is 9.00. The Morgan fingerprint density at radius 2 is 1.69 bits per heavy atom. The molecule has 0 atom stereocenters. The summed E-state index contributed by atoms with van der Waals surface area (Å²) < 4.78 is 11.2. The summed E-state index contributed by atoms with van der Waals surface area (Å²) in [5.41, 5.74) is 5.75. The average molecular weight is 391 g/mol. The van der Waals surface area contributed by atoms with E-state index in [2.05, 4.69) is 10.5 Å². The summed E-state index contributed by atoms with van der Waals surface area (Å²) in [7, 11) is 1.64. The van der Waals surface area contributed by atoms with E-state index < -0.39 is 4.92 Å². The van der Waals surface area contributed by atoms with E-state index in [9.17, 15) is 10.1 Å². The Balaban J connectivity index is 1.59. The molecule has 0 saturated carbocycles. The molecule has 0 aliphatic carbocycles. The molecule has 7 heteroatoms.